The van der Waals surface area contributed by atoms with Gasteiger partial charge in [0.2, 0.25) is 0 Å². The molecule has 0 fully saturated rings. The molecular weight excluding hydrogens is 646 g/mol. The zero-order valence-corrected chi connectivity index (χ0v) is 19.1. The van der Waals surface area contributed by atoms with E-state index >= 15 is 0 Å². The molecule has 0 aromatic heterocycles. The van der Waals surface area contributed by atoms with E-state index in [1.165, 1.54) is 0 Å². The summed E-state index contributed by atoms with van der Waals surface area (Å²) < 4.78 is 246. The van der Waals surface area contributed by atoms with Crippen molar-refractivity contribution < 1.29 is 112 Å². The van der Waals surface area contributed by atoms with Gasteiger partial charge in [-0.1, -0.05) is 0 Å². The summed E-state index contributed by atoms with van der Waals surface area (Å²) in [5, 5.41) is 0. The van der Waals surface area contributed by atoms with E-state index in [1.807, 2.05) is 0 Å². The minimum Gasteiger partial charge on any atom is -0.454 e. The Morgan fingerprint density at radius 1 is 0.634 bits per heavy atom. The van der Waals surface area contributed by atoms with Gasteiger partial charge < -0.3 is 14.2 Å². The van der Waals surface area contributed by atoms with E-state index in [4.69, 9.17) is 0 Å². The first-order valence-corrected chi connectivity index (χ1v) is 9.48. The van der Waals surface area contributed by atoms with Crippen LogP contribution in [0.5, 0.6) is 0 Å². The number of rotatable bonds is 14. The molecule has 0 aliphatic carbocycles. The van der Waals surface area contributed by atoms with Gasteiger partial charge in [0.15, 0.2) is 13.2 Å². The van der Waals surface area contributed by atoms with Crippen molar-refractivity contribution in [3.8, 4) is 0 Å². The standard InChI is InChI=1S/C16H12F18O7/c1-9(17,18)3-39-14(28,16(32,33)34)8(36)38-5-13(26,27)41-12(24,25)4-37-7(35)6(15(29,30)31)40-11(22,23)2-10(19,20)21/h6H,2-5H2,1H3. The predicted molar refractivity (Wildman–Crippen MR) is 85.9 cm³/mol. The molecule has 0 aromatic carbocycles. The van der Waals surface area contributed by atoms with E-state index in [0.717, 1.165) is 0 Å². The molecule has 0 bridgehead atoms. The molecule has 0 N–H and O–H groups in total. The minimum atomic E-state index is -6.59. The maximum absolute atomic E-state index is 13.9. The molecule has 41 heavy (non-hydrogen) atoms. The Morgan fingerprint density at radius 2 is 1.07 bits per heavy atom. The highest BCUT2D eigenvalue weighted by molar-refractivity contribution is 5.79. The number of carbonyl (C=O) groups excluding carboxylic acids is 2. The summed E-state index contributed by atoms with van der Waals surface area (Å²) >= 11 is 0. The number of carbonyl (C=O) groups is 2. The molecule has 2 unspecified atom stereocenters. The van der Waals surface area contributed by atoms with Crippen molar-refractivity contribution in [3.05, 3.63) is 0 Å². The zero-order chi connectivity index (χ0) is 33.1. The van der Waals surface area contributed by atoms with Gasteiger partial charge in [-0.3, -0.25) is 4.74 Å². The number of alkyl halides is 18. The fourth-order valence-corrected chi connectivity index (χ4v) is 1.93. The lowest BCUT2D eigenvalue weighted by Crippen LogP contribution is -2.53. The van der Waals surface area contributed by atoms with Crippen molar-refractivity contribution in [1.29, 1.82) is 0 Å². The van der Waals surface area contributed by atoms with E-state index in [9.17, 15) is 88.6 Å². The van der Waals surface area contributed by atoms with Crippen molar-refractivity contribution in [1.82, 2.24) is 0 Å². The molecule has 0 saturated heterocycles. The van der Waals surface area contributed by atoms with Gasteiger partial charge in [0.25, 0.3) is 12.0 Å². The van der Waals surface area contributed by atoms with Crippen LogP contribution in [0.15, 0.2) is 0 Å². The first kappa shape index (κ1) is 38.6. The second-order valence-electron chi connectivity index (χ2n) is 7.48. The molecule has 7 nitrogen and oxygen atoms in total. The van der Waals surface area contributed by atoms with Crippen LogP contribution in [0, 0.1) is 0 Å². The second kappa shape index (κ2) is 12.4. The third-order valence-corrected chi connectivity index (χ3v) is 3.41. The maximum Gasteiger partial charge on any atom is 0.460 e. The second-order valence-corrected chi connectivity index (χ2v) is 7.48. The monoisotopic (exact) mass is 658 g/mol. The Labute approximate surface area is 213 Å². The summed E-state index contributed by atoms with van der Waals surface area (Å²) in [5.41, 5.74) is 0. The molecule has 0 aliphatic heterocycles. The van der Waals surface area contributed by atoms with Crippen LogP contribution in [0.3, 0.4) is 0 Å². The topological polar surface area (TPSA) is 80.3 Å². The molecular formula is C16H12F18O7. The quantitative estimate of drug-likeness (QED) is 0.176. The molecule has 0 spiro atoms. The van der Waals surface area contributed by atoms with Crippen LogP contribution in [0.1, 0.15) is 13.3 Å². The number of hydrogen-bond acceptors (Lipinski definition) is 7. The summed E-state index contributed by atoms with van der Waals surface area (Å²) in [6.07, 6.45) is -44.3. The highest BCUT2D eigenvalue weighted by Crippen LogP contribution is 2.39. The molecule has 0 aromatic rings. The first-order chi connectivity index (χ1) is 17.7. The largest absolute Gasteiger partial charge is 0.460 e. The van der Waals surface area contributed by atoms with Gasteiger partial charge in [-0.15, -0.1) is 0 Å². The molecule has 2 atom stereocenters. The molecule has 0 radical (unpaired) electrons. The molecule has 25 heteroatoms. The van der Waals surface area contributed by atoms with Crippen molar-refractivity contribution in [2.75, 3.05) is 19.8 Å². The molecule has 0 saturated carbocycles. The van der Waals surface area contributed by atoms with E-state index < -0.39 is 92.9 Å². The van der Waals surface area contributed by atoms with Gasteiger partial charge in [0.05, 0.1) is 0 Å². The van der Waals surface area contributed by atoms with Crippen LogP contribution in [-0.2, 0) is 33.3 Å². The fourth-order valence-electron chi connectivity index (χ4n) is 1.93. The summed E-state index contributed by atoms with van der Waals surface area (Å²) in [5.74, 6) is -17.0. The highest BCUT2D eigenvalue weighted by Gasteiger charge is 2.66. The van der Waals surface area contributed by atoms with Crippen molar-refractivity contribution >= 4 is 11.9 Å². The zero-order valence-electron chi connectivity index (χ0n) is 19.1. The number of esters is 2. The lowest BCUT2D eigenvalue weighted by Gasteiger charge is -2.28. The van der Waals surface area contributed by atoms with Crippen molar-refractivity contribution in [2.45, 2.75) is 68.1 Å². The number of halogens is 18. The summed E-state index contributed by atoms with van der Waals surface area (Å²) in [7, 11) is 0. The van der Waals surface area contributed by atoms with Crippen molar-refractivity contribution in [2.24, 2.45) is 0 Å². The van der Waals surface area contributed by atoms with Crippen LogP contribution in [0.4, 0.5) is 79.0 Å². The third kappa shape index (κ3) is 13.8. The summed E-state index contributed by atoms with van der Waals surface area (Å²) in [4.78, 5) is 22.5. The van der Waals surface area contributed by atoms with Gasteiger partial charge in [0.1, 0.15) is 13.0 Å². The predicted octanol–water partition coefficient (Wildman–Crippen LogP) is 5.67. The van der Waals surface area contributed by atoms with Crippen LogP contribution in [0.2, 0.25) is 0 Å². The number of ether oxygens (including phenoxy) is 5. The van der Waals surface area contributed by atoms with Gasteiger partial charge in [0, 0.05) is 6.92 Å². The van der Waals surface area contributed by atoms with E-state index in [0.29, 0.717) is 0 Å². The normalized spacial score (nSPS) is 16.7. The molecule has 0 amide bonds. The Kier molecular flexibility index (Phi) is 11.7. The molecule has 244 valence electrons. The molecule has 0 rings (SSSR count). The summed E-state index contributed by atoms with van der Waals surface area (Å²) in [6, 6.07) is 0. The lowest BCUT2D eigenvalue weighted by atomic mass is 10.3. The Balaban J connectivity index is 5.44. The average Bonchev–Trinajstić information content (AvgIpc) is 2.68. The van der Waals surface area contributed by atoms with Gasteiger partial charge in [-0.2, -0.15) is 70.2 Å². The van der Waals surface area contributed by atoms with Crippen LogP contribution in [-0.4, -0.2) is 86.5 Å². The number of hydrogen-bond donors (Lipinski definition) is 0. The van der Waals surface area contributed by atoms with Gasteiger partial charge in [-0.05, 0) is 0 Å². The van der Waals surface area contributed by atoms with E-state index in [-0.39, 0.29) is 6.92 Å². The fraction of sp³-hybridized carbons (Fsp3) is 0.875. The molecule has 0 heterocycles. The van der Waals surface area contributed by atoms with Crippen molar-refractivity contribution in [3.63, 3.8) is 0 Å². The van der Waals surface area contributed by atoms with Gasteiger partial charge >= 0.3 is 54.6 Å². The Hall–Kier alpha value is -2.44. The molecule has 0 aliphatic rings. The smallest absolute Gasteiger partial charge is 0.454 e. The van der Waals surface area contributed by atoms with Gasteiger partial charge in [-0.25, -0.2) is 23.1 Å². The highest BCUT2D eigenvalue weighted by atomic mass is 19.4. The Bertz CT molecular complexity index is 891. The van der Waals surface area contributed by atoms with E-state index in [2.05, 4.69) is 23.7 Å². The third-order valence-electron chi connectivity index (χ3n) is 3.41. The summed E-state index contributed by atoms with van der Waals surface area (Å²) in [6.45, 7) is -8.86. The van der Waals surface area contributed by atoms with Crippen LogP contribution < -0.4 is 0 Å². The van der Waals surface area contributed by atoms with E-state index in [1.54, 1.807) is 0 Å². The minimum absolute atomic E-state index is 0.150. The SMILES string of the molecule is CC(F)(F)COC(F)(C(=O)OCC(F)(F)OC(F)(F)COC(=O)C(OC(F)(F)CC(F)(F)F)C(F)(F)F)C(F)(F)F. The Morgan fingerprint density at radius 3 is 1.44 bits per heavy atom. The lowest BCUT2D eigenvalue weighted by molar-refractivity contribution is -0.393. The maximum atomic E-state index is 13.9. The van der Waals surface area contributed by atoms with Crippen LogP contribution in [0.25, 0.3) is 0 Å². The first-order valence-electron chi connectivity index (χ1n) is 9.48. The van der Waals surface area contributed by atoms with Crippen LogP contribution >= 0.6 is 0 Å². The average molecular weight is 658 g/mol.